The lowest BCUT2D eigenvalue weighted by Gasteiger charge is -2.32. The first-order chi connectivity index (χ1) is 8.60. The average molecular weight is 267 g/mol. The lowest BCUT2D eigenvalue weighted by Crippen LogP contribution is -2.48. The van der Waals surface area contributed by atoms with Gasteiger partial charge in [-0.2, -0.15) is 0 Å². The molecule has 0 spiro atoms. The second-order valence-corrected chi connectivity index (χ2v) is 5.59. The second-order valence-electron chi connectivity index (χ2n) is 5.15. The number of rotatable bonds is 3. The number of benzene rings is 1. The molecule has 1 saturated heterocycles. The van der Waals surface area contributed by atoms with Crippen molar-refractivity contribution in [3.05, 3.63) is 34.9 Å². The van der Waals surface area contributed by atoms with E-state index < -0.39 is 0 Å². The van der Waals surface area contributed by atoms with E-state index in [0.29, 0.717) is 11.6 Å². The highest BCUT2D eigenvalue weighted by molar-refractivity contribution is 6.30. The predicted molar refractivity (Wildman–Crippen MR) is 73.5 cm³/mol. The molecular formula is C14H19ClN2O. The molecule has 98 valence electrons. The van der Waals surface area contributed by atoms with Crippen LogP contribution in [0.5, 0.6) is 0 Å². The number of nitrogens with one attached hydrogen (secondary N) is 2. The Hall–Kier alpha value is -1.06. The number of hydrogen-bond donors (Lipinski definition) is 2. The van der Waals surface area contributed by atoms with Gasteiger partial charge in [0.05, 0.1) is 5.41 Å². The summed E-state index contributed by atoms with van der Waals surface area (Å²) in [6.07, 6.45) is 2.01. The monoisotopic (exact) mass is 266 g/mol. The van der Waals surface area contributed by atoms with Gasteiger partial charge in [-0.05, 0) is 44.0 Å². The molecule has 1 aromatic carbocycles. The van der Waals surface area contributed by atoms with Gasteiger partial charge in [0.15, 0.2) is 0 Å². The normalized spacial score (nSPS) is 23.7. The van der Waals surface area contributed by atoms with Crippen molar-refractivity contribution in [2.24, 2.45) is 5.41 Å². The van der Waals surface area contributed by atoms with Gasteiger partial charge in [0.1, 0.15) is 0 Å². The van der Waals surface area contributed by atoms with Crippen LogP contribution in [0.2, 0.25) is 5.02 Å². The molecule has 1 unspecified atom stereocenters. The standard InChI is InChI=1S/C14H19ClN2O/c1-14(7-2-8-16-10-14)13(18)17-9-11-3-5-12(15)6-4-11/h3-6,16H,2,7-10H2,1H3,(H,17,18). The molecule has 1 atom stereocenters. The fourth-order valence-corrected chi connectivity index (χ4v) is 2.37. The van der Waals surface area contributed by atoms with Gasteiger partial charge >= 0.3 is 0 Å². The van der Waals surface area contributed by atoms with E-state index in [4.69, 9.17) is 11.6 Å². The van der Waals surface area contributed by atoms with E-state index >= 15 is 0 Å². The number of hydrogen-bond acceptors (Lipinski definition) is 2. The van der Waals surface area contributed by atoms with E-state index in [0.717, 1.165) is 31.5 Å². The average Bonchev–Trinajstić information content (AvgIpc) is 2.38. The number of amides is 1. The van der Waals surface area contributed by atoms with Crippen LogP contribution in [0.1, 0.15) is 25.3 Å². The molecule has 1 aromatic rings. The molecule has 0 aromatic heterocycles. The minimum atomic E-state index is -0.273. The van der Waals surface area contributed by atoms with Crippen molar-refractivity contribution >= 4 is 17.5 Å². The lowest BCUT2D eigenvalue weighted by atomic mass is 9.82. The third-order valence-corrected chi connectivity index (χ3v) is 3.76. The van der Waals surface area contributed by atoms with Gasteiger partial charge in [-0.1, -0.05) is 23.7 Å². The van der Waals surface area contributed by atoms with Crippen LogP contribution in [0, 0.1) is 5.41 Å². The lowest BCUT2D eigenvalue weighted by molar-refractivity contribution is -0.131. The molecule has 0 saturated carbocycles. The Morgan fingerprint density at radius 1 is 1.44 bits per heavy atom. The van der Waals surface area contributed by atoms with Crippen molar-refractivity contribution in [1.29, 1.82) is 0 Å². The van der Waals surface area contributed by atoms with Gasteiger partial charge in [0, 0.05) is 18.1 Å². The van der Waals surface area contributed by atoms with Gasteiger partial charge in [-0.15, -0.1) is 0 Å². The Morgan fingerprint density at radius 2 is 2.17 bits per heavy atom. The summed E-state index contributed by atoms with van der Waals surface area (Å²) in [7, 11) is 0. The zero-order valence-electron chi connectivity index (χ0n) is 10.6. The van der Waals surface area contributed by atoms with Crippen LogP contribution in [0.4, 0.5) is 0 Å². The molecule has 1 fully saturated rings. The van der Waals surface area contributed by atoms with Crippen molar-refractivity contribution in [3.8, 4) is 0 Å². The first kappa shape index (κ1) is 13.4. The number of carbonyl (C=O) groups is 1. The van der Waals surface area contributed by atoms with Gasteiger partial charge in [-0.3, -0.25) is 4.79 Å². The fourth-order valence-electron chi connectivity index (χ4n) is 2.25. The third kappa shape index (κ3) is 3.24. The smallest absolute Gasteiger partial charge is 0.227 e. The Kier molecular flexibility index (Phi) is 4.25. The molecule has 0 aliphatic carbocycles. The molecule has 2 N–H and O–H groups in total. The van der Waals surface area contributed by atoms with Crippen molar-refractivity contribution in [2.75, 3.05) is 13.1 Å². The van der Waals surface area contributed by atoms with Gasteiger partial charge < -0.3 is 10.6 Å². The van der Waals surface area contributed by atoms with Crippen LogP contribution in [0.3, 0.4) is 0 Å². The van der Waals surface area contributed by atoms with E-state index in [-0.39, 0.29) is 11.3 Å². The summed E-state index contributed by atoms with van der Waals surface area (Å²) in [5.41, 5.74) is 0.796. The molecule has 3 nitrogen and oxygen atoms in total. The summed E-state index contributed by atoms with van der Waals surface area (Å²) in [5, 5.41) is 7.01. The van der Waals surface area contributed by atoms with Crippen LogP contribution >= 0.6 is 11.6 Å². The molecule has 1 heterocycles. The summed E-state index contributed by atoms with van der Waals surface area (Å²) in [4.78, 5) is 12.2. The molecule has 18 heavy (non-hydrogen) atoms. The number of halogens is 1. The highest BCUT2D eigenvalue weighted by Crippen LogP contribution is 2.25. The quantitative estimate of drug-likeness (QED) is 0.882. The number of carbonyl (C=O) groups excluding carboxylic acids is 1. The Morgan fingerprint density at radius 3 is 2.78 bits per heavy atom. The molecule has 0 radical (unpaired) electrons. The molecule has 1 aliphatic heterocycles. The van der Waals surface area contributed by atoms with E-state index in [1.165, 1.54) is 0 Å². The Bertz CT molecular complexity index is 410. The topological polar surface area (TPSA) is 41.1 Å². The highest BCUT2D eigenvalue weighted by Gasteiger charge is 2.34. The zero-order valence-corrected chi connectivity index (χ0v) is 11.4. The highest BCUT2D eigenvalue weighted by atomic mass is 35.5. The van der Waals surface area contributed by atoms with Crippen LogP contribution in [0.25, 0.3) is 0 Å². The van der Waals surface area contributed by atoms with Gasteiger partial charge in [-0.25, -0.2) is 0 Å². The molecule has 2 rings (SSSR count). The van der Waals surface area contributed by atoms with E-state index in [1.54, 1.807) is 0 Å². The largest absolute Gasteiger partial charge is 0.352 e. The maximum absolute atomic E-state index is 12.2. The summed E-state index contributed by atoms with van der Waals surface area (Å²) in [5.74, 6) is 0.129. The van der Waals surface area contributed by atoms with Crippen LogP contribution < -0.4 is 10.6 Å². The van der Waals surface area contributed by atoms with Gasteiger partial charge in [0.2, 0.25) is 5.91 Å². The summed E-state index contributed by atoms with van der Waals surface area (Å²) < 4.78 is 0. The molecule has 4 heteroatoms. The van der Waals surface area contributed by atoms with Crippen LogP contribution in [0.15, 0.2) is 24.3 Å². The first-order valence-corrected chi connectivity index (χ1v) is 6.71. The predicted octanol–water partition coefficient (Wildman–Crippen LogP) is 2.35. The van der Waals surface area contributed by atoms with Gasteiger partial charge in [0.25, 0.3) is 0 Å². The van der Waals surface area contributed by atoms with Crippen LogP contribution in [-0.2, 0) is 11.3 Å². The van der Waals surface area contributed by atoms with E-state index in [9.17, 15) is 4.79 Å². The van der Waals surface area contributed by atoms with Crippen molar-refractivity contribution in [1.82, 2.24) is 10.6 Å². The Labute approximate surface area is 113 Å². The van der Waals surface area contributed by atoms with Crippen molar-refractivity contribution in [2.45, 2.75) is 26.3 Å². The molecule has 0 bridgehead atoms. The van der Waals surface area contributed by atoms with Crippen molar-refractivity contribution < 1.29 is 4.79 Å². The SMILES string of the molecule is CC1(C(=O)NCc2ccc(Cl)cc2)CCCNC1. The maximum Gasteiger partial charge on any atom is 0.227 e. The fraction of sp³-hybridized carbons (Fsp3) is 0.500. The van der Waals surface area contributed by atoms with Crippen LogP contribution in [-0.4, -0.2) is 19.0 Å². The number of piperidine rings is 1. The summed E-state index contributed by atoms with van der Waals surface area (Å²) >= 11 is 5.82. The summed E-state index contributed by atoms with van der Waals surface area (Å²) in [6.45, 7) is 4.36. The minimum absolute atomic E-state index is 0.129. The Balaban J connectivity index is 1.89. The first-order valence-electron chi connectivity index (χ1n) is 6.34. The molecule has 1 amide bonds. The minimum Gasteiger partial charge on any atom is -0.352 e. The second kappa shape index (κ2) is 5.72. The van der Waals surface area contributed by atoms with Crippen molar-refractivity contribution in [3.63, 3.8) is 0 Å². The third-order valence-electron chi connectivity index (χ3n) is 3.51. The van der Waals surface area contributed by atoms with E-state index in [1.807, 2.05) is 31.2 Å². The molecular weight excluding hydrogens is 248 g/mol. The summed E-state index contributed by atoms with van der Waals surface area (Å²) in [6, 6.07) is 7.55. The maximum atomic E-state index is 12.2. The molecule has 1 aliphatic rings. The zero-order chi connectivity index (χ0) is 13.0. The van der Waals surface area contributed by atoms with E-state index in [2.05, 4.69) is 10.6 Å².